The highest BCUT2D eigenvalue weighted by Crippen LogP contribution is 2.27. The van der Waals surface area contributed by atoms with Crippen LogP contribution in [0.1, 0.15) is 11.1 Å². The maximum Gasteiger partial charge on any atom is 0.272 e. The summed E-state index contributed by atoms with van der Waals surface area (Å²) >= 11 is 0. The first kappa shape index (κ1) is 21.3. The molecule has 3 N–H and O–H groups in total. The van der Waals surface area contributed by atoms with E-state index in [9.17, 15) is 8.78 Å². The van der Waals surface area contributed by atoms with E-state index in [2.05, 4.69) is 10.3 Å². The van der Waals surface area contributed by atoms with Crippen molar-refractivity contribution in [3.05, 3.63) is 53.6 Å². The van der Waals surface area contributed by atoms with Crippen LogP contribution in [0, 0.1) is 0 Å². The van der Waals surface area contributed by atoms with E-state index in [1.165, 1.54) is 0 Å². The van der Waals surface area contributed by atoms with Gasteiger partial charge < -0.3 is 25.3 Å². The van der Waals surface area contributed by atoms with Crippen molar-refractivity contribution in [3.63, 3.8) is 0 Å². The third kappa shape index (κ3) is 6.94. The monoisotopic (exact) mass is 393 g/mol. The normalized spacial score (nSPS) is 11.4. The lowest BCUT2D eigenvalue weighted by molar-refractivity contribution is 0.0818. The zero-order valence-corrected chi connectivity index (χ0v) is 16.0. The zero-order chi connectivity index (χ0) is 20.4. The summed E-state index contributed by atoms with van der Waals surface area (Å²) in [6, 6.07) is 12.6. The number of nitrogens with zero attached hydrogens (tertiary/aromatic N) is 1. The average Bonchev–Trinajstić information content (AvgIpc) is 2.71. The van der Waals surface area contributed by atoms with E-state index in [-0.39, 0.29) is 0 Å². The largest absolute Gasteiger partial charge is 0.493 e. The van der Waals surface area contributed by atoms with Crippen molar-refractivity contribution >= 4 is 5.96 Å². The fourth-order valence-corrected chi connectivity index (χ4v) is 2.50. The van der Waals surface area contributed by atoms with E-state index in [4.69, 9.17) is 19.9 Å². The summed E-state index contributed by atoms with van der Waals surface area (Å²) < 4.78 is 39.9. The number of hydrogen-bond donors (Lipinski definition) is 2. The van der Waals surface area contributed by atoms with Crippen LogP contribution in [0.2, 0.25) is 0 Å². The number of guanidine groups is 1. The van der Waals surface area contributed by atoms with Gasteiger partial charge in [0.1, 0.15) is 12.4 Å². The number of hydrogen-bond acceptors (Lipinski definition) is 4. The predicted octanol–water partition coefficient (Wildman–Crippen LogP) is 2.99. The Hall–Kier alpha value is -3.03. The van der Waals surface area contributed by atoms with Crippen molar-refractivity contribution in [2.45, 2.75) is 19.4 Å². The lowest BCUT2D eigenvalue weighted by atomic mass is 10.1. The number of nitrogens with two attached hydrogens (primary N) is 1. The molecule has 28 heavy (non-hydrogen) atoms. The molecule has 152 valence electrons. The first-order chi connectivity index (χ1) is 13.5. The molecule has 0 fully saturated rings. The highest BCUT2D eigenvalue weighted by Gasteiger charge is 2.05. The van der Waals surface area contributed by atoms with E-state index in [1.54, 1.807) is 32.4 Å². The van der Waals surface area contributed by atoms with E-state index in [0.717, 1.165) is 17.5 Å². The van der Waals surface area contributed by atoms with Crippen molar-refractivity contribution in [1.82, 2.24) is 5.32 Å². The van der Waals surface area contributed by atoms with Crippen LogP contribution in [-0.4, -0.2) is 39.8 Å². The summed E-state index contributed by atoms with van der Waals surface area (Å²) in [6.07, 6.45) is -1.78. The summed E-state index contributed by atoms with van der Waals surface area (Å²) in [6.45, 7) is 0.288. The molecule has 0 saturated heterocycles. The van der Waals surface area contributed by atoms with Crippen molar-refractivity contribution in [2.24, 2.45) is 10.7 Å². The van der Waals surface area contributed by atoms with Gasteiger partial charge in [-0.15, -0.1) is 0 Å². The Morgan fingerprint density at radius 2 is 1.86 bits per heavy atom. The van der Waals surface area contributed by atoms with Crippen LogP contribution in [-0.2, 0) is 13.0 Å². The molecule has 0 aliphatic rings. The molecule has 0 aliphatic carbocycles. The molecule has 2 aromatic carbocycles. The van der Waals surface area contributed by atoms with Crippen LogP contribution in [0.3, 0.4) is 0 Å². The first-order valence-corrected chi connectivity index (χ1v) is 8.76. The SMILES string of the molecule is COc1ccc(CCNC(N)=NCc2cccc(OCC(F)F)c2)cc1OC. The van der Waals surface area contributed by atoms with Gasteiger partial charge in [-0.05, 0) is 41.8 Å². The molecule has 0 amide bonds. The second-order valence-corrected chi connectivity index (χ2v) is 5.92. The zero-order valence-electron chi connectivity index (χ0n) is 16.0. The standard InChI is InChI=1S/C20H25F2N3O3/c1-26-17-7-6-14(11-18(17)27-2)8-9-24-20(23)25-12-15-4-3-5-16(10-15)28-13-19(21)22/h3-7,10-11,19H,8-9,12-13H2,1-2H3,(H3,23,24,25). The lowest BCUT2D eigenvalue weighted by Crippen LogP contribution is -2.33. The van der Waals surface area contributed by atoms with Crippen molar-refractivity contribution < 1.29 is 23.0 Å². The van der Waals surface area contributed by atoms with Crippen LogP contribution in [0.4, 0.5) is 8.78 Å². The molecule has 0 spiro atoms. The maximum atomic E-state index is 12.2. The number of aliphatic imine (C=N–C) groups is 1. The minimum atomic E-state index is -2.51. The van der Waals surface area contributed by atoms with Crippen LogP contribution >= 0.6 is 0 Å². The van der Waals surface area contributed by atoms with E-state index in [1.807, 2.05) is 24.3 Å². The van der Waals surface area contributed by atoms with E-state index >= 15 is 0 Å². The number of methoxy groups -OCH3 is 2. The summed E-state index contributed by atoms with van der Waals surface area (Å²) in [5, 5.41) is 3.05. The fourth-order valence-electron chi connectivity index (χ4n) is 2.50. The van der Waals surface area contributed by atoms with Crippen LogP contribution < -0.4 is 25.3 Å². The van der Waals surface area contributed by atoms with Gasteiger partial charge in [-0.2, -0.15) is 0 Å². The van der Waals surface area contributed by atoms with Crippen molar-refractivity contribution in [1.29, 1.82) is 0 Å². The number of nitrogens with one attached hydrogen (secondary N) is 1. The molecule has 2 aromatic rings. The van der Waals surface area contributed by atoms with Gasteiger partial charge in [-0.3, -0.25) is 0 Å². The van der Waals surface area contributed by atoms with Gasteiger partial charge >= 0.3 is 0 Å². The quantitative estimate of drug-likeness (QED) is 0.479. The number of benzene rings is 2. The molecule has 0 saturated carbocycles. The molecule has 6 nitrogen and oxygen atoms in total. The molecule has 0 aliphatic heterocycles. The van der Waals surface area contributed by atoms with Gasteiger partial charge in [-0.25, -0.2) is 13.8 Å². The van der Waals surface area contributed by atoms with Gasteiger partial charge in [-0.1, -0.05) is 18.2 Å². The summed E-state index contributed by atoms with van der Waals surface area (Å²) in [7, 11) is 3.19. The minimum Gasteiger partial charge on any atom is -0.493 e. The molecular weight excluding hydrogens is 368 g/mol. The van der Waals surface area contributed by atoms with Gasteiger partial charge in [0.05, 0.1) is 20.8 Å². The lowest BCUT2D eigenvalue weighted by Gasteiger charge is -2.10. The Bertz CT molecular complexity index is 785. The van der Waals surface area contributed by atoms with Crippen LogP contribution in [0.5, 0.6) is 17.2 Å². The number of rotatable bonds is 10. The summed E-state index contributed by atoms with van der Waals surface area (Å²) in [4.78, 5) is 4.26. The molecule has 0 unspecified atom stereocenters. The molecule has 2 rings (SSSR count). The molecule has 0 bridgehead atoms. The summed E-state index contributed by atoms with van der Waals surface area (Å²) in [5.74, 6) is 2.04. The van der Waals surface area contributed by atoms with Crippen molar-refractivity contribution in [2.75, 3.05) is 27.4 Å². The second-order valence-electron chi connectivity index (χ2n) is 5.92. The van der Waals surface area contributed by atoms with E-state index in [0.29, 0.717) is 36.3 Å². The van der Waals surface area contributed by atoms with Gasteiger partial charge in [0.25, 0.3) is 6.43 Å². The highest BCUT2D eigenvalue weighted by molar-refractivity contribution is 5.77. The Kier molecular flexibility index (Phi) is 8.33. The minimum absolute atomic E-state index is 0.305. The molecule has 0 aromatic heterocycles. The predicted molar refractivity (Wildman–Crippen MR) is 105 cm³/mol. The van der Waals surface area contributed by atoms with Crippen LogP contribution in [0.25, 0.3) is 0 Å². The average molecular weight is 393 g/mol. The third-order valence-electron chi connectivity index (χ3n) is 3.87. The maximum absolute atomic E-state index is 12.2. The van der Waals surface area contributed by atoms with Crippen LogP contribution in [0.15, 0.2) is 47.5 Å². The Balaban J connectivity index is 1.82. The van der Waals surface area contributed by atoms with Gasteiger partial charge in [0.15, 0.2) is 17.5 Å². The highest BCUT2D eigenvalue weighted by atomic mass is 19.3. The van der Waals surface area contributed by atoms with Gasteiger partial charge in [0.2, 0.25) is 0 Å². The molecule has 0 radical (unpaired) electrons. The smallest absolute Gasteiger partial charge is 0.272 e. The number of ether oxygens (including phenoxy) is 3. The molecule has 0 heterocycles. The van der Waals surface area contributed by atoms with Crippen molar-refractivity contribution in [3.8, 4) is 17.2 Å². The first-order valence-electron chi connectivity index (χ1n) is 8.76. The topological polar surface area (TPSA) is 78.1 Å². The fraction of sp³-hybridized carbons (Fsp3) is 0.350. The Morgan fingerprint density at radius 1 is 1.07 bits per heavy atom. The second kappa shape index (κ2) is 11.0. The molecule has 8 heteroatoms. The summed E-state index contributed by atoms with van der Waals surface area (Å²) in [5.41, 5.74) is 7.77. The number of halogens is 2. The molecule has 0 atom stereocenters. The van der Waals surface area contributed by atoms with Gasteiger partial charge in [0, 0.05) is 6.54 Å². The van der Waals surface area contributed by atoms with E-state index < -0.39 is 13.0 Å². The molecular formula is C20H25F2N3O3. The Labute approximate surface area is 163 Å². The Morgan fingerprint density at radius 3 is 2.57 bits per heavy atom. The number of alkyl halides is 2. The third-order valence-corrected chi connectivity index (χ3v) is 3.87.